The van der Waals surface area contributed by atoms with Crippen LogP contribution in [0.5, 0.6) is 0 Å². The quantitative estimate of drug-likeness (QED) is 0.873. The normalized spacial score (nSPS) is 12.4. The second-order valence-corrected chi connectivity index (χ2v) is 3.89. The third-order valence-electron chi connectivity index (χ3n) is 2.77. The predicted octanol–water partition coefficient (Wildman–Crippen LogP) is 2.72. The van der Waals surface area contributed by atoms with Crippen molar-refractivity contribution in [1.29, 1.82) is 0 Å². The third-order valence-corrected chi connectivity index (χ3v) is 2.77. The van der Waals surface area contributed by atoms with Crippen LogP contribution in [0.2, 0.25) is 0 Å². The average molecular weight is 230 g/mol. The van der Waals surface area contributed by atoms with Crippen LogP contribution in [-0.4, -0.2) is 12.0 Å². The molecule has 0 aliphatic rings. The Balaban J connectivity index is 2.21. The summed E-state index contributed by atoms with van der Waals surface area (Å²) in [6.07, 6.45) is 2.43. The summed E-state index contributed by atoms with van der Waals surface area (Å²) in [5.41, 5.74) is 1.63. The van der Waals surface area contributed by atoms with Gasteiger partial charge in [-0.05, 0) is 25.2 Å². The molecule has 1 aromatic carbocycles. The Morgan fingerprint density at radius 3 is 2.59 bits per heavy atom. The monoisotopic (exact) mass is 230 g/mol. The van der Waals surface area contributed by atoms with Crippen LogP contribution in [0.4, 0.5) is 4.39 Å². The molecule has 0 bridgehead atoms. The number of benzene rings is 1. The number of aromatic nitrogens is 1. The van der Waals surface area contributed by atoms with E-state index in [1.54, 1.807) is 18.3 Å². The third kappa shape index (κ3) is 2.88. The van der Waals surface area contributed by atoms with Crippen molar-refractivity contribution in [3.05, 3.63) is 65.7 Å². The topological polar surface area (TPSA) is 24.9 Å². The lowest BCUT2D eigenvalue weighted by Gasteiger charge is -2.16. The SMILES string of the molecule is CNC(Cc1ccccn1)c1ccccc1F. The fourth-order valence-electron chi connectivity index (χ4n) is 1.85. The Morgan fingerprint density at radius 2 is 1.94 bits per heavy atom. The highest BCUT2D eigenvalue weighted by Crippen LogP contribution is 2.19. The summed E-state index contributed by atoms with van der Waals surface area (Å²) in [6.45, 7) is 0. The lowest BCUT2D eigenvalue weighted by molar-refractivity contribution is 0.530. The average Bonchev–Trinajstić information content (AvgIpc) is 2.38. The Kier molecular flexibility index (Phi) is 3.83. The number of pyridine rings is 1. The maximum Gasteiger partial charge on any atom is 0.127 e. The largest absolute Gasteiger partial charge is 0.313 e. The molecule has 0 radical (unpaired) electrons. The molecular weight excluding hydrogens is 215 g/mol. The van der Waals surface area contributed by atoms with Gasteiger partial charge in [0, 0.05) is 29.9 Å². The minimum absolute atomic E-state index is 0.0499. The zero-order valence-corrected chi connectivity index (χ0v) is 9.73. The highest BCUT2D eigenvalue weighted by atomic mass is 19.1. The van der Waals surface area contributed by atoms with Gasteiger partial charge >= 0.3 is 0 Å². The van der Waals surface area contributed by atoms with Gasteiger partial charge in [0.2, 0.25) is 0 Å². The van der Waals surface area contributed by atoms with Gasteiger partial charge in [-0.3, -0.25) is 4.98 Å². The summed E-state index contributed by atoms with van der Waals surface area (Å²) >= 11 is 0. The summed E-state index contributed by atoms with van der Waals surface area (Å²) in [6, 6.07) is 12.6. The van der Waals surface area contributed by atoms with E-state index >= 15 is 0 Å². The van der Waals surface area contributed by atoms with E-state index in [1.807, 2.05) is 31.3 Å². The molecule has 0 saturated carbocycles. The standard InChI is InChI=1S/C14H15FN2/c1-16-14(10-11-6-4-5-9-17-11)12-7-2-3-8-13(12)15/h2-9,14,16H,10H2,1H3. The molecule has 17 heavy (non-hydrogen) atoms. The molecule has 3 heteroatoms. The van der Waals surface area contributed by atoms with E-state index in [-0.39, 0.29) is 11.9 Å². The molecular formula is C14H15FN2. The molecule has 1 aromatic heterocycles. The van der Waals surface area contributed by atoms with E-state index in [0.29, 0.717) is 12.0 Å². The van der Waals surface area contributed by atoms with Crippen molar-refractivity contribution in [2.75, 3.05) is 7.05 Å². The van der Waals surface area contributed by atoms with E-state index in [0.717, 1.165) is 5.69 Å². The van der Waals surface area contributed by atoms with Crippen molar-refractivity contribution in [1.82, 2.24) is 10.3 Å². The van der Waals surface area contributed by atoms with Gasteiger partial charge in [0.05, 0.1) is 0 Å². The van der Waals surface area contributed by atoms with Crippen LogP contribution in [0.1, 0.15) is 17.3 Å². The van der Waals surface area contributed by atoms with E-state index in [1.165, 1.54) is 6.07 Å². The molecule has 88 valence electrons. The Bertz CT molecular complexity index is 471. The molecule has 1 atom stereocenters. The summed E-state index contributed by atoms with van der Waals surface area (Å²) in [4.78, 5) is 4.26. The zero-order chi connectivity index (χ0) is 12.1. The number of rotatable bonds is 4. The number of likely N-dealkylation sites (N-methyl/N-ethyl adjacent to an activating group) is 1. The van der Waals surface area contributed by atoms with E-state index in [4.69, 9.17) is 0 Å². The van der Waals surface area contributed by atoms with Crippen molar-refractivity contribution in [3.8, 4) is 0 Å². The van der Waals surface area contributed by atoms with Crippen molar-refractivity contribution < 1.29 is 4.39 Å². The second kappa shape index (κ2) is 5.55. The lowest BCUT2D eigenvalue weighted by atomic mass is 10.0. The first-order valence-electron chi connectivity index (χ1n) is 5.63. The maximum atomic E-state index is 13.7. The second-order valence-electron chi connectivity index (χ2n) is 3.89. The maximum absolute atomic E-state index is 13.7. The zero-order valence-electron chi connectivity index (χ0n) is 9.73. The van der Waals surface area contributed by atoms with Gasteiger partial charge in [-0.15, -0.1) is 0 Å². The van der Waals surface area contributed by atoms with Crippen LogP contribution < -0.4 is 5.32 Å². The summed E-state index contributed by atoms with van der Waals surface area (Å²) in [7, 11) is 1.83. The number of halogens is 1. The summed E-state index contributed by atoms with van der Waals surface area (Å²) in [5, 5.41) is 3.13. The molecule has 0 spiro atoms. The smallest absolute Gasteiger partial charge is 0.127 e. The van der Waals surface area contributed by atoms with E-state index in [2.05, 4.69) is 10.3 Å². The molecule has 2 nitrogen and oxygen atoms in total. The fraction of sp³-hybridized carbons (Fsp3) is 0.214. The first-order chi connectivity index (χ1) is 8.31. The molecule has 0 saturated heterocycles. The molecule has 1 N–H and O–H groups in total. The lowest BCUT2D eigenvalue weighted by Crippen LogP contribution is -2.20. The number of hydrogen-bond acceptors (Lipinski definition) is 2. The summed E-state index contributed by atoms with van der Waals surface area (Å²) < 4.78 is 13.7. The number of hydrogen-bond donors (Lipinski definition) is 1. The molecule has 1 heterocycles. The van der Waals surface area contributed by atoms with Crippen LogP contribution in [0.3, 0.4) is 0 Å². The Morgan fingerprint density at radius 1 is 1.18 bits per heavy atom. The fourth-order valence-corrected chi connectivity index (χ4v) is 1.85. The minimum Gasteiger partial charge on any atom is -0.313 e. The number of nitrogens with one attached hydrogen (secondary N) is 1. The highest BCUT2D eigenvalue weighted by molar-refractivity contribution is 5.23. The van der Waals surface area contributed by atoms with Gasteiger partial charge in [0.15, 0.2) is 0 Å². The molecule has 0 aliphatic carbocycles. The van der Waals surface area contributed by atoms with Gasteiger partial charge in [0.1, 0.15) is 5.82 Å². The molecule has 2 rings (SSSR count). The predicted molar refractivity (Wildman–Crippen MR) is 66.1 cm³/mol. The molecule has 0 aliphatic heterocycles. The van der Waals surface area contributed by atoms with Crippen LogP contribution >= 0.6 is 0 Å². The van der Waals surface area contributed by atoms with Crippen molar-refractivity contribution in [2.45, 2.75) is 12.5 Å². The molecule has 2 aromatic rings. The van der Waals surface area contributed by atoms with E-state index in [9.17, 15) is 4.39 Å². The highest BCUT2D eigenvalue weighted by Gasteiger charge is 2.14. The van der Waals surface area contributed by atoms with Crippen LogP contribution in [0.15, 0.2) is 48.7 Å². The van der Waals surface area contributed by atoms with Crippen LogP contribution in [-0.2, 0) is 6.42 Å². The van der Waals surface area contributed by atoms with Crippen molar-refractivity contribution in [2.24, 2.45) is 0 Å². The molecule has 1 unspecified atom stereocenters. The van der Waals surface area contributed by atoms with Gasteiger partial charge in [-0.25, -0.2) is 4.39 Å². The summed E-state index contributed by atoms with van der Waals surface area (Å²) in [5.74, 6) is -0.178. The van der Waals surface area contributed by atoms with Crippen LogP contribution in [0, 0.1) is 5.82 Å². The van der Waals surface area contributed by atoms with Gasteiger partial charge in [0.25, 0.3) is 0 Å². The molecule has 0 fully saturated rings. The van der Waals surface area contributed by atoms with Crippen LogP contribution in [0.25, 0.3) is 0 Å². The van der Waals surface area contributed by atoms with Crippen molar-refractivity contribution >= 4 is 0 Å². The van der Waals surface area contributed by atoms with Gasteiger partial charge in [-0.2, -0.15) is 0 Å². The minimum atomic E-state index is -0.178. The van der Waals surface area contributed by atoms with Gasteiger partial charge < -0.3 is 5.32 Å². The molecule has 0 amide bonds. The first-order valence-corrected chi connectivity index (χ1v) is 5.63. The Hall–Kier alpha value is -1.74. The van der Waals surface area contributed by atoms with Gasteiger partial charge in [-0.1, -0.05) is 24.3 Å². The van der Waals surface area contributed by atoms with E-state index < -0.39 is 0 Å². The van der Waals surface area contributed by atoms with Crippen molar-refractivity contribution in [3.63, 3.8) is 0 Å². The Labute approximate surface area is 101 Å². The first kappa shape index (κ1) is 11.7. The number of nitrogens with zero attached hydrogens (tertiary/aromatic N) is 1.